The average Bonchev–Trinajstić information content (AvgIpc) is 2.81. The molecule has 2 heterocycles. The number of ether oxygens (including phenoxy) is 2. The van der Waals surface area contributed by atoms with Gasteiger partial charge in [0.05, 0.1) is 18.3 Å². The van der Waals surface area contributed by atoms with Crippen molar-refractivity contribution in [2.24, 2.45) is 0 Å². The molecule has 2 aliphatic rings. The molecule has 2 bridgehead atoms. The number of hydrogen-bond donors (Lipinski definition) is 3. The Morgan fingerprint density at radius 2 is 1.83 bits per heavy atom. The first-order chi connectivity index (χ1) is 17.0. The second-order valence-electron chi connectivity index (χ2n) is 9.02. The van der Waals surface area contributed by atoms with Crippen LogP contribution in [-0.4, -0.2) is 46.5 Å². The van der Waals surface area contributed by atoms with E-state index in [0.29, 0.717) is 44.1 Å². The zero-order valence-corrected chi connectivity index (χ0v) is 19.5. The molecule has 0 aliphatic carbocycles. The number of rotatable bonds is 6. The average molecular weight is 478 g/mol. The Balaban J connectivity index is 1.38. The van der Waals surface area contributed by atoms with Crippen LogP contribution in [-0.2, 0) is 27.1 Å². The molecule has 4 atom stereocenters. The van der Waals surface area contributed by atoms with Gasteiger partial charge in [-0.3, -0.25) is 4.79 Å². The van der Waals surface area contributed by atoms with E-state index in [1.807, 2.05) is 30.3 Å². The standard InChI is InChI=1S/C28H31NO6/c30-21-16-23-15-20-10-5-12-25(31)27(20)28(33)35-22(18-24(17-21)34-23)11-6-14-29-26(32)13-4-9-19-7-2-1-3-8-19/h1-8,10,12-14,21-24,30-31H,9,11,15-18H2,(H,29,32)/b13-4-,14-6+/t21?,22-,23?,24+/m0/s1. The summed E-state index contributed by atoms with van der Waals surface area (Å²) < 4.78 is 11.9. The molecule has 1 amide bonds. The molecule has 3 N–H and O–H groups in total. The van der Waals surface area contributed by atoms with E-state index in [-0.39, 0.29) is 29.4 Å². The fraction of sp³-hybridized carbons (Fsp3) is 0.357. The third-order valence-electron chi connectivity index (χ3n) is 6.24. The topological polar surface area (TPSA) is 105 Å². The Labute approximate surface area is 205 Å². The van der Waals surface area contributed by atoms with Crippen molar-refractivity contribution in [3.05, 3.63) is 89.6 Å². The summed E-state index contributed by atoms with van der Waals surface area (Å²) in [5.74, 6) is -0.963. The Kier molecular flexibility index (Phi) is 8.34. The SMILES string of the molecule is O=C(/C=C\Cc1ccccc1)N/C=C/C[C@H]1C[C@H]2CC(O)CC(Cc3cccc(O)c3C(=O)O1)O2. The molecular formula is C28H31NO6. The maximum absolute atomic E-state index is 12.9. The van der Waals surface area contributed by atoms with Gasteiger partial charge in [-0.25, -0.2) is 4.79 Å². The highest BCUT2D eigenvalue weighted by atomic mass is 16.5. The quantitative estimate of drug-likeness (QED) is 0.434. The molecule has 2 aliphatic heterocycles. The molecule has 184 valence electrons. The second-order valence-corrected chi connectivity index (χ2v) is 9.02. The molecule has 2 aromatic rings. The normalized spacial score (nSPS) is 24.7. The van der Waals surface area contributed by atoms with Gasteiger partial charge in [-0.05, 0) is 49.0 Å². The molecule has 2 unspecified atom stereocenters. The first-order valence-electron chi connectivity index (χ1n) is 12.0. The summed E-state index contributed by atoms with van der Waals surface area (Å²) in [5, 5.41) is 23.4. The van der Waals surface area contributed by atoms with Gasteiger partial charge >= 0.3 is 5.97 Å². The number of aromatic hydroxyl groups is 1. The highest BCUT2D eigenvalue weighted by Gasteiger charge is 2.34. The van der Waals surface area contributed by atoms with Crippen LogP contribution in [0.4, 0.5) is 0 Å². The monoisotopic (exact) mass is 477 g/mol. The van der Waals surface area contributed by atoms with E-state index in [1.54, 1.807) is 24.3 Å². The number of phenols is 1. The number of hydrogen-bond acceptors (Lipinski definition) is 6. The van der Waals surface area contributed by atoms with Gasteiger partial charge in [-0.2, -0.15) is 0 Å². The molecule has 0 radical (unpaired) electrons. The second kappa shape index (κ2) is 11.8. The van der Waals surface area contributed by atoms with Crippen LogP contribution in [0.1, 0.15) is 47.2 Å². The minimum absolute atomic E-state index is 0.134. The van der Waals surface area contributed by atoms with Gasteiger partial charge in [0, 0.05) is 19.0 Å². The van der Waals surface area contributed by atoms with E-state index in [1.165, 1.54) is 18.3 Å². The van der Waals surface area contributed by atoms with Crippen LogP contribution in [0.3, 0.4) is 0 Å². The summed E-state index contributed by atoms with van der Waals surface area (Å²) in [4.78, 5) is 25.0. The van der Waals surface area contributed by atoms with E-state index >= 15 is 0 Å². The number of cyclic esters (lactones) is 1. The molecule has 4 rings (SSSR count). The zero-order chi connectivity index (χ0) is 24.6. The number of carbonyl (C=O) groups excluding carboxylic acids is 2. The van der Waals surface area contributed by atoms with E-state index in [2.05, 4.69) is 5.32 Å². The zero-order valence-electron chi connectivity index (χ0n) is 19.5. The number of aliphatic hydroxyl groups excluding tert-OH is 1. The molecule has 7 heteroatoms. The minimum Gasteiger partial charge on any atom is -0.507 e. The summed E-state index contributed by atoms with van der Waals surface area (Å²) >= 11 is 0. The third kappa shape index (κ3) is 7.04. The highest BCUT2D eigenvalue weighted by Crippen LogP contribution is 2.32. The van der Waals surface area contributed by atoms with Gasteiger partial charge in [0.25, 0.3) is 0 Å². The predicted octanol–water partition coefficient (Wildman–Crippen LogP) is 3.59. The van der Waals surface area contributed by atoms with E-state index in [9.17, 15) is 19.8 Å². The maximum Gasteiger partial charge on any atom is 0.342 e. The number of esters is 1. The Morgan fingerprint density at radius 3 is 2.66 bits per heavy atom. The lowest BCUT2D eigenvalue weighted by molar-refractivity contribution is -0.115. The molecule has 1 saturated heterocycles. The molecule has 0 aromatic heterocycles. The number of phenolic OH excluding ortho intramolecular Hbond substituents is 1. The lowest BCUT2D eigenvalue weighted by atomic mass is 9.91. The summed E-state index contributed by atoms with van der Waals surface area (Å²) in [6.45, 7) is 0. The van der Waals surface area contributed by atoms with Crippen molar-refractivity contribution in [3.8, 4) is 5.75 Å². The molecule has 7 nitrogen and oxygen atoms in total. The summed E-state index contributed by atoms with van der Waals surface area (Å²) in [6.07, 6.45) is 7.84. The van der Waals surface area contributed by atoms with E-state index in [4.69, 9.17) is 9.47 Å². The predicted molar refractivity (Wildman–Crippen MR) is 131 cm³/mol. The van der Waals surface area contributed by atoms with Gasteiger partial charge in [0.2, 0.25) is 5.91 Å². The van der Waals surface area contributed by atoms with Crippen molar-refractivity contribution in [2.45, 2.75) is 62.9 Å². The third-order valence-corrected chi connectivity index (χ3v) is 6.24. The Bertz CT molecular complexity index is 1080. The molecule has 2 aromatic carbocycles. The molecule has 35 heavy (non-hydrogen) atoms. The maximum atomic E-state index is 12.9. The van der Waals surface area contributed by atoms with Crippen molar-refractivity contribution in [2.75, 3.05) is 0 Å². The Morgan fingerprint density at radius 1 is 1.03 bits per heavy atom. The van der Waals surface area contributed by atoms with Crippen molar-refractivity contribution in [1.82, 2.24) is 5.32 Å². The molecular weight excluding hydrogens is 446 g/mol. The van der Waals surface area contributed by atoms with Crippen molar-refractivity contribution in [3.63, 3.8) is 0 Å². The van der Waals surface area contributed by atoms with Crippen LogP contribution in [0.5, 0.6) is 5.75 Å². The van der Waals surface area contributed by atoms with E-state index in [0.717, 1.165) is 5.56 Å². The lowest BCUT2D eigenvalue weighted by Gasteiger charge is -2.36. The van der Waals surface area contributed by atoms with Crippen LogP contribution >= 0.6 is 0 Å². The van der Waals surface area contributed by atoms with Crippen LogP contribution in [0.15, 0.2) is 73.0 Å². The van der Waals surface area contributed by atoms with Crippen LogP contribution in [0.25, 0.3) is 0 Å². The smallest absolute Gasteiger partial charge is 0.342 e. The number of aliphatic hydroxyl groups is 1. The Hall–Kier alpha value is -3.42. The molecule has 0 saturated carbocycles. The number of fused-ring (bicyclic) bond motifs is 3. The van der Waals surface area contributed by atoms with Gasteiger partial charge in [-0.1, -0.05) is 54.6 Å². The fourth-order valence-electron chi connectivity index (χ4n) is 4.63. The minimum atomic E-state index is -0.579. The molecule has 0 spiro atoms. The van der Waals surface area contributed by atoms with E-state index < -0.39 is 18.2 Å². The van der Waals surface area contributed by atoms with Crippen molar-refractivity contribution >= 4 is 11.9 Å². The van der Waals surface area contributed by atoms with Gasteiger partial charge in [-0.15, -0.1) is 0 Å². The first kappa shape index (κ1) is 24.7. The van der Waals surface area contributed by atoms with Crippen molar-refractivity contribution in [1.29, 1.82) is 0 Å². The fourth-order valence-corrected chi connectivity index (χ4v) is 4.63. The van der Waals surface area contributed by atoms with Gasteiger partial charge in [0.1, 0.15) is 17.4 Å². The van der Waals surface area contributed by atoms with Gasteiger partial charge < -0.3 is 25.0 Å². The number of benzene rings is 2. The number of amides is 1. The number of carbonyl (C=O) groups is 2. The molecule has 1 fully saturated rings. The number of allylic oxidation sites excluding steroid dienone is 1. The lowest BCUT2D eigenvalue weighted by Crippen LogP contribution is -2.40. The summed E-state index contributed by atoms with van der Waals surface area (Å²) in [6, 6.07) is 14.8. The first-order valence-corrected chi connectivity index (χ1v) is 12.0. The van der Waals surface area contributed by atoms with Crippen molar-refractivity contribution < 1.29 is 29.3 Å². The van der Waals surface area contributed by atoms with Crippen LogP contribution in [0.2, 0.25) is 0 Å². The largest absolute Gasteiger partial charge is 0.507 e. The summed E-state index contributed by atoms with van der Waals surface area (Å²) in [5.41, 5.74) is 1.90. The van der Waals surface area contributed by atoms with Crippen LogP contribution in [0, 0.1) is 0 Å². The number of nitrogens with one attached hydrogen (secondary N) is 1. The van der Waals surface area contributed by atoms with Gasteiger partial charge in [0.15, 0.2) is 0 Å². The highest BCUT2D eigenvalue weighted by molar-refractivity contribution is 5.94. The summed E-state index contributed by atoms with van der Waals surface area (Å²) in [7, 11) is 0. The van der Waals surface area contributed by atoms with Crippen LogP contribution < -0.4 is 5.32 Å².